The summed E-state index contributed by atoms with van der Waals surface area (Å²) in [6, 6.07) is 0. The summed E-state index contributed by atoms with van der Waals surface area (Å²) < 4.78 is 68.6. The van der Waals surface area contributed by atoms with E-state index in [1.165, 1.54) is 244 Å². The van der Waals surface area contributed by atoms with E-state index in [1.807, 2.05) is 0 Å². The molecule has 582 valence electrons. The Labute approximate surface area is 600 Å². The molecule has 0 radical (unpaired) electrons. The van der Waals surface area contributed by atoms with Gasteiger partial charge in [-0.25, -0.2) is 9.13 Å². The van der Waals surface area contributed by atoms with E-state index < -0.39 is 97.5 Å². The molecule has 2 unspecified atom stereocenters. The lowest BCUT2D eigenvalue weighted by Gasteiger charge is -2.21. The zero-order valence-electron chi connectivity index (χ0n) is 63.9. The molecule has 0 fully saturated rings. The van der Waals surface area contributed by atoms with Crippen LogP contribution < -0.4 is 0 Å². The third kappa shape index (κ3) is 72.4. The SMILES string of the molecule is CCCCCCCCCCCCCCCCCCCC(=O)OC[C@H](COP(=O)(O)OC[C@@H](O)COP(=O)(O)OC[C@@H](COC(=O)CCCCCCCCCCCC)OC(=O)CCCCCCCCCCCCCCC)OC(=O)CCCCCCCCCCCCCCCCCC(C)C. The van der Waals surface area contributed by atoms with Crippen LogP contribution in [-0.4, -0.2) is 96.7 Å². The predicted molar refractivity (Wildman–Crippen MR) is 400 cm³/mol. The maximum absolute atomic E-state index is 13.1. The summed E-state index contributed by atoms with van der Waals surface area (Å²) in [6.07, 6.45) is 62.3. The fourth-order valence-corrected chi connectivity index (χ4v) is 13.8. The van der Waals surface area contributed by atoms with Gasteiger partial charge in [0.05, 0.1) is 26.4 Å². The molecule has 0 rings (SSSR count). The van der Waals surface area contributed by atoms with Gasteiger partial charge in [0, 0.05) is 25.7 Å². The number of carbonyl (C=O) groups is 4. The summed E-state index contributed by atoms with van der Waals surface area (Å²) in [5.74, 6) is -1.30. The Bertz CT molecular complexity index is 1870. The molecule has 0 heterocycles. The first kappa shape index (κ1) is 96.1. The number of aliphatic hydroxyl groups excluding tert-OH is 1. The van der Waals surface area contributed by atoms with Crippen molar-refractivity contribution < 1.29 is 80.2 Å². The van der Waals surface area contributed by atoms with Gasteiger partial charge in [0.2, 0.25) is 0 Å². The average molecular weight is 1440 g/mol. The van der Waals surface area contributed by atoms with Crippen LogP contribution in [0.5, 0.6) is 0 Å². The summed E-state index contributed by atoms with van der Waals surface area (Å²) in [5.41, 5.74) is 0. The van der Waals surface area contributed by atoms with Crippen LogP contribution in [0.2, 0.25) is 0 Å². The van der Waals surface area contributed by atoms with Gasteiger partial charge < -0.3 is 33.8 Å². The van der Waals surface area contributed by atoms with Crippen molar-refractivity contribution in [2.75, 3.05) is 39.6 Å². The van der Waals surface area contributed by atoms with E-state index >= 15 is 0 Å². The molecule has 5 atom stereocenters. The largest absolute Gasteiger partial charge is 0.472 e. The fourth-order valence-electron chi connectivity index (χ4n) is 12.2. The van der Waals surface area contributed by atoms with Crippen molar-refractivity contribution in [1.29, 1.82) is 0 Å². The number of aliphatic hydroxyl groups is 1. The number of hydrogen-bond acceptors (Lipinski definition) is 15. The highest BCUT2D eigenvalue weighted by Gasteiger charge is 2.30. The zero-order valence-corrected chi connectivity index (χ0v) is 65.7. The number of phosphoric ester groups is 2. The van der Waals surface area contributed by atoms with Crippen molar-refractivity contribution in [3.05, 3.63) is 0 Å². The summed E-state index contributed by atoms with van der Waals surface area (Å²) in [4.78, 5) is 72.9. The molecule has 19 heteroatoms. The van der Waals surface area contributed by atoms with E-state index in [2.05, 4.69) is 34.6 Å². The molecular formula is C79H154O17P2. The van der Waals surface area contributed by atoms with E-state index in [0.717, 1.165) is 95.8 Å². The van der Waals surface area contributed by atoms with E-state index in [9.17, 15) is 43.2 Å². The predicted octanol–water partition coefficient (Wildman–Crippen LogP) is 23.6. The van der Waals surface area contributed by atoms with Gasteiger partial charge >= 0.3 is 39.5 Å². The molecule has 0 spiro atoms. The van der Waals surface area contributed by atoms with Crippen LogP contribution in [0.15, 0.2) is 0 Å². The summed E-state index contributed by atoms with van der Waals surface area (Å²) in [7, 11) is -9.91. The van der Waals surface area contributed by atoms with Crippen molar-refractivity contribution in [3.8, 4) is 0 Å². The van der Waals surface area contributed by atoms with Crippen LogP contribution in [-0.2, 0) is 65.4 Å². The van der Waals surface area contributed by atoms with Crippen LogP contribution in [0.3, 0.4) is 0 Å². The molecule has 0 aromatic rings. The van der Waals surface area contributed by atoms with Gasteiger partial charge in [-0.1, -0.05) is 369 Å². The highest BCUT2D eigenvalue weighted by molar-refractivity contribution is 7.47. The fraction of sp³-hybridized carbons (Fsp3) is 0.949. The third-order valence-electron chi connectivity index (χ3n) is 18.5. The zero-order chi connectivity index (χ0) is 71.9. The van der Waals surface area contributed by atoms with E-state index in [-0.39, 0.29) is 25.7 Å². The second-order valence-electron chi connectivity index (χ2n) is 28.9. The summed E-state index contributed by atoms with van der Waals surface area (Å²) in [6.45, 7) is 7.34. The highest BCUT2D eigenvalue weighted by Crippen LogP contribution is 2.45. The van der Waals surface area contributed by atoms with E-state index in [1.54, 1.807) is 0 Å². The topological polar surface area (TPSA) is 237 Å². The first-order valence-electron chi connectivity index (χ1n) is 41.1. The molecule has 0 aliphatic rings. The number of hydrogen-bond donors (Lipinski definition) is 3. The molecule has 3 N–H and O–H groups in total. The van der Waals surface area contributed by atoms with Gasteiger partial charge in [-0.2, -0.15) is 0 Å². The summed E-state index contributed by atoms with van der Waals surface area (Å²) >= 11 is 0. The van der Waals surface area contributed by atoms with Gasteiger partial charge in [0.1, 0.15) is 19.3 Å². The molecule has 0 aliphatic carbocycles. The van der Waals surface area contributed by atoms with Gasteiger partial charge in [-0.05, 0) is 31.6 Å². The lowest BCUT2D eigenvalue weighted by molar-refractivity contribution is -0.161. The van der Waals surface area contributed by atoms with Crippen LogP contribution in [0.4, 0.5) is 0 Å². The molecular weight excluding hydrogens is 1280 g/mol. The standard InChI is InChI=1S/C79H154O17P2/c1-6-9-12-15-18-21-24-26-27-28-31-35-38-43-48-53-58-63-77(82)90-69-75(96-79(84)65-60-55-50-45-40-36-32-29-30-34-37-41-46-51-56-61-72(4)5)71-94-98(87,88)92-67-73(80)66-91-97(85,86)93-70-74(68-89-76(81)62-57-52-47-42-23-20-17-14-11-8-3)95-78(83)64-59-54-49-44-39-33-25-22-19-16-13-10-7-2/h72-75,80H,6-71H2,1-5H3,(H,85,86)(H,87,88)/t73-,74+,75+/m0/s1. The Morgan fingerprint density at radius 1 is 0.276 bits per heavy atom. The molecule has 0 aliphatic heterocycles. The monoisotopic (exact) mass is 1440 g/mol. The quantitative estimate of drug-likeness (QED) is 0.0222. The highest BCUT2D eigenvalue weighted by atomic mass is 31.2. The van der Waals surface area contributed by atoms with Crippen molar-refractivity contribution >= 4 is 39.5 Å². The normalized spacial score (nSPS) is 13.9. The molecule has 0 saturated heterocycles. The molecule has 0 amide bonds. The van der Waals surface area contributed by atoms with Crippen molar-refractivity contribution in [2.24, 2.45) is 5.92 Å². The van der Waals surface area contributed by atoms with Gasteiger partial charge in [0.25, 0.3) is 0 Å². The Balaban J connectivity index is 5.23. The maximum Gasteiger partial charge on any atom is 0.472 e. The van der Waals surface area contributed by atoms with Gasteiger partial charge in [0.15, 0.2) is 12.2 Å². The second kappa shape index (κ2) is 72.0. The van der Waals surface area contributed by atoms with Crippen LogP contribution in [0.1, 0.15) is 420 Å². The molecule has 98 heavy (non-hydrogen) atoms. The second-order valence-corrected chi connectivity index (χ2v) is 31.8. The van der Waals surface area contributed by atoms with Crippen LogP contribution in [0.25, 0.3) is 0 Å². The van der Waals surface area contributed by atoms with E-state index in [0.29, 0.717) is 25.7 Å². The minimum Gasteiger partial charge on any atom is -0.462 e. The van der Waals surface area contributed by atoms with Gasteiger partial charge in [-0.3, -0.25) is 37.3 Å². The Morgan fingerprint density at radius 3 is 0.694 bits per heavy atom. The molecule has 0 aromatic carbocycles. The molecule has 0 bridgehead atoms. The van der Waals surface area contributed by atoms with Crippen LogP contribution in [0, 0.1) is 5.92 Å². The number of unbranched alkanes of at least 4 members (excludes halogenated alkanes) is 51. The first-order valence-corrected chi connectivity index (χ1v) is 44.1. The smallest absolute Gasteiger partial charge is 0.462 e. The minimum atomic E-state index is -4.96. The lowest BCUT2D eigenvalue weighted by Crippen LogP contribution is -2.30. The Kier molecular flexibility index (Phi) is 70.6. The number of carbonyl (C=O) groups excluding carboxylic acids is 4. The minimum absolute atomic E-state index is 0.108. The van der Waals surface area contributed by atoms with Crippen LogP contribution >= 0.6 is 15.6 Å². The van der Waals surface area contributed by atoms with Crippen molar-refractivity contribution in [3.63, 3.8) is 0 Å². The summed E-state index contributed by atoms with van der Waals surface area (Å²) in [5, 5.41) is 10.6. The number of phosphoric acid groups is 2. The van der Waals surface area contributed by atoms with Crippen molar-refractivity contribution in [2.45, 2.75) is 438 Å². The lowest BCUT2D eigenvalue weighted by atomic mass is 10.0. The molecule has 0 saturated carbocycles. The maximum atomic E-state index is 13.1. The number of esters is 4. The number of rotatable bonds is 79. The Hall–Kier alpha value is -1.94. The third-order valence-corrected chi connectivity index (χ3v) is 20.4. The molecule has 0 aromatic heterocycles. The van der Waals surface area contributed by atoms with Gasteiger partial charge in [-0.15, -0.1) is 0 Å². The molecule has 17 nitrogen and oxygen atoms in total. The first-order chi connectivity index (χ1) is 47.5. The Morgan fingerprint density at radius 2 is 0.469 bits per heavy atom. The number of ether oxygens (including phenoxy) is 4. The van der Waals surface area contributed by atoms with E-state index in [4.69, 9.17) is 37.0 Å². The van der Waals surface area contributed by atoms with Crippen molar-refractivity contribution in [1.82, 2.24) is 0 Å². The average Bonchev–Trinajstić information content (AvgIpc) is 0.983.